The van der Waals surface area contributed by atoms with Crippen molar-refractivity contribution in [2.24, 2.45) is 20.5 Å². The van der Waals surface area contributed by atoms with Gasteiger partial charge in [-0.2, -0.15) is 25.2 Å². The van der Waals surface area contributed by atoms with E-state index in [4.69, 9.17) is 19.7 Å². The summed E-state index contributed by atoms with van der Waals surface area (Å²) in [6.07, 6.45) is 0. The van der Waals surface area contributed by atoms with Gasteiger partial charge in [-0.25, -0.2) is 9.59 Å². The molecule has 0 bridgehead atoms. The number of anilines is 3. The number of aliphatic hydroxyl groups excluding tert-OH is 3. The molecule has 25 heteroatoms. The fourth-order valence-electron chi connectivity index (χ4n) is 5.56. The Morgan fingerprint density at radius 3 is 1.34 bits per heavy atom. The van der Waals surface area contributed by atoms with Crippen LogP contribution in [0.2, 0.25) is 0 Å². The normalized spacial score (nSPS) is 11.2. The Kier molecular flexibility index (Phi) is 15.1. The van der Waals surface area contributed by atoms with Gasteiger partial charge in [-0.1, -0.05) is 0 Å². The van der Waals surface area contributed by atoms with Crippen LogP contribution in [0.3, 0.4) is 0 Å². The topological polar surface area (TPSA) is 362 Å². The molecule has 0 fully saturated rings. The van der Waals surface area contributed by atoms with Crippen molar-refractivity contribution in [3.63, 3.8) is 0 Å². The largest absolute Gasteiger partial charge is 0.493 e. The van der Waals surface area contributed by atoms with Crippen LogP contribution in [0.4, 0.5) is 40.6 Å². The van der Waals surface area contributed by atoms with Crippen LogP contribution in [-0.2, 0) is 13.1 Å². The van der Waals surface area contributed by atoms with Crippen LogP contribution < -0.4 is 36.5 Å². The molecule has 0 saturated carbocycles. The van der Waals surface area contributed by atoms with Gasteiger partial charge in [0.1, 0.15) is 22.9 Å². The molecule has 10 N–H and O–H groups in total. The van der Waals surface area contributed by atoms with Gasteiger partial charge >= 0.3 is 11.9 Å². The fraction of sp³-hybridized carbons (Fsp3) is 0.270. The van der Waals surface area contributed by atoms with Crippen molar-refractivity contribution >= 4 is 52.5 Å². The average Bonchev–Trinajstić information content (AvgIpc) is 3.22. The number of nitrogens with one attached hydrogen (secondary N) is 3. The van der Waals surface area contributed by atoms with Gasteiger partial charge in [-0.05, 0) is 49.2 Å². The SMILES string of the molecule is Cc1cc(=O)n(CCNc2nc(NCCO)nc(NCCn3c(O)c(N=Nc4cc(OCO)cc(C(=O)O)c4)c(C)cc3=O)n2)c(O)c1N=Nc1cc(OCO)cc(C(=O)O)c1. The second-order valence-electron chi connectivity index (χ2n) is 12.8. The zero-order valence-electron chi connectivity index (χ0n) is 32.9. The van der Waals surface area contributed by atoms with Gasteiger partial charge in [0.15, 0.2) is 13.6 Å². The lowest BCUT2D eigenvalue weighted by atomic mass is 10.2. The minimum atomic E-state index is -1.28. The molecule has 0 aliphatic carbocycles. The molecule has 25 nitrogen and oxygen atoms in total. The van der Waals surface area contributed by atoms with Gasteiger partial charge in [0.25, 0.3) is 11.1 Å². The van der Waals surface area contributed by atoms with E-state index >= 15 is 0 Å². The molecule has 0 saturated heterocycles. The molecule has 0 atom stereocenters. The third-order valence-corrected chi connectivity index (χ3v) is 8.43. The van der Waals surface area contributed by atoms with Gasteiger partial charge in [0.05, 0.1) is 29.1 Å². The molecular formula is C37H40N12O13. The number of nitrogens with zero attached hydrogens (tertiary/aromatic N) is 9. The number of carboxylic acid groups (broad SMARTS) is 2. The summed E-state index contributed by atoms with van der Waals surface area (Å²) < 4.78 is 12.0. The van der Waals surface area contributed by atoms with Crippen molar-refractivity contribution in [3.8, 4) is 23.3 Å². The van der Waals surface area contributed by atoms with E-state index in [1.807, 2.05) is 0 Å². The van der Waals surface area contributed by atoms with E-state index in [0.717, 1.165) is 9.13 Å². The fourth-order valence-corrected chi connectivity index (χ4v) is 5.56. The van der Waals surface area contributed by atoms with Crippen LogP contribution in [0.25, 0.3) is 0 Å². The number of hydrogen-bond donors (Lipinski definition) is 10. The number of aryl methyl sites for hydroxylation is 2. The zero-order valence-corrected chi connectivity index (χ0v) is 32.9. The Bertz CT molecular complexity index is 2460. The predicted molar refractivity (Wildman–Crippen MR) is 217 cm³/mol. The maximum absolute atomic E-state index is 12.9. The van der Waals surface area contributed by atoms with E-state index in [2.05, 4.69) is 51.4 Å². The summed E-state index contributed by atoms with van der Waals surface area (Å²) in [5, 5.41) is 93.3. The van der Waals surface area contributed by atoms with E-state index in [1.165, 1.54) is 62.4 Å². The summed E-state index contributed by atoms with van der Waals surface area (Å²) in [6.45, 7) is 1.09. The zero-order chi connectivity index (χ0) is 44.9. The summed E-state index contributed by atoms with van der Waals surface area (Å²) in [4.78, 5) is 61.7. The van der Waals surface area contributed by atoms with Crippen LogP contribution in [0.5, 0.6) is 23.3 Å². The molecule has 0 amide bonds. The first kappa shape index (κ1) is 45.1. The number of pyridine rings is 2. The van der Waals surface area contributed by atoms with Crippen LogP contribution in [0, 0.1) is 13.8 Å². The van der Waals surface area contributed by atoms with E-state index in [0.29, 0.717) is 0 Å². The number of azo groups is 2. The molecule has 0 aliphatic heterocycles. The standard InChI is InChI=1S/C37H40N12O13/c1-19-9-27(53)48(31(55)29(19)46-44-23-11-21(33(57)58)13-25(15-23)61-17-51)6-3-38-35-41-36(43-37(42-35)40-5-8-50)39-4-7-49-28(54)10-20(2)30(32(49)56)47-45-24-12-22(34(59)60)14-26(16-24)62-18-52/h9-16,50-52,55-56H,3-8,17-18H2,1-2H3,(H,57,58)(H,59,60)(H3,38,39,40,41,42,43). The molecule has 62 heavy (non-hydrogen) atoms. The molecule has 2 aromatic carbocycles. The maximum Gasteiger partial charge on any atom is 0.335 e. The van der Waals surface area contributed by atoms with Crippen LogP contribution in [0.15, 0.2) is 78.6 Å². The quantitative estimate of drug-likeness (QED) is 0.0374. The lowest BCUT2D eigenvalue weighted by Crippen LogP contribution is -2.25. The lowest BCUT2D eigenvalue weighted by Gasteiger charge is -2.14. The van der Waals surface area contributed by atoms with E-state index in [1.54, 1.807) is 0 Å². The first-order valence-electron chi connectivity index (χ1n) is 18.2. The van der Waals surface area contributed by atoms with E-state index in [-0.39, 0.29) is 114 Å². The molecule has 0 spiro atoms. The maximum atomic E-state index is 12.9. The van der Waals surface area contributed by atoms with Gasteiger partial charge < -0.3 is 61.2 Å². The predicted octanol–water partition coefficient (Wildman–Crippen LogP) is 2.74. The second-order valence-corrected chi connectivity index (χ2v) is 12.8. The Labute approximate surface area is 349 Å². The van der Waals surface area contributed by atoms with Crippen molar-refractivity contribution in [1.82, 2.24) is 24.1 Å². The van der Waals surface area contributed by atoms with Gasteiger partial charge in [0.2, 0.25) is 29.6 Å². The Hall–Kier alpha value is -8.03. The van der Waals surface area contributed by atoms with Crippen LogP contribution in [0.1, 0.15) is 31.8 Å². The monoisotopic (exact) mass is 860 g/mol. The molecular weight excluding hydrogens is 820 g/mol. The molecule has 0 radical (unpaired) electrons. The highest BCUT2D eigenvalue weighted by Gasteiger charge is 2.17. The minimum Gasteiger partial charge on any atom is -0.493 e. The highest BCUT2D eigenvalue weighted by atomic mass is 16.6. The summed E-state index contributed by atoms with van der Waals surface area (Å²) >= 11 is 0. The van der Waals surface area contributed by atoms with Crippen molar-refractivity contribution in [2.75, 3.05) is 55.8 Å². The van der Waals surface area contributed by atoms with Crippen LogP contribution >= 0.6 is 0 Å². The highest BCUT2D eigenvalue weighted by Crippen LogP contribution is 2.33. The molecule has 0 aliphatic rings. The summed E-state index contributed by atoms with van der Waals surface area (Å²) in [7, 11) is 0. The third-order valence-electron chi connectivity index (χ3n) is 8.43. The van der Waals surface area contributed by atoms with E-state index in [9.17, 15) is 44.7 Å². The van der Waals surface area contributed by atoms with Crippen LogP contribution in [-0.4, -0.2) is 112 Å². The van der Waals surface area contributed by atoms with Gasteiger partial charge in [-0.3, -0.25) is 18.7 Å². The molecule has 3 aromatic heterocycles. The Balaban J connectivity index is 1.30. The number of benzene rings is 2. The number of ether oxygens (including phenoxy) is 2. The summed E-state index contributed by atoms with van der Waals surface area (Å²) in [6, 6.07) is 9.83. The first-order valence-corrected chi connectivity index (χ1v) is 18.2. The third kappa shape index (κ3) is 11.6. The Morgan fingerprint density at radius 2 is 0.984 bits per heavy atom. The number of carbonyl (C=O) groups is 2. The average molecular weight is 861 g/mol. The van der Waals surface area contributed by atoms with Gasteiger partial charge in [0, 0.05) is 57.0 Å². The molecule has 3 heterocycles. The molecule has 326 valence electrons. The van der Waals surface area contributed by atoms with Gasteiger partial charge in [-0.15, -0.1) is 10.2 Å². The first-order chi connectivity index (χ1) is 29.7. The number of rotatable bonds is 21. The number of aromatic hydroxyl groups is 2. The number of carboxylic acids is 2. The second kappa shape index (κ2) is 20.8. The number of hydrogen-bond acceptors (Lipinski definition) is 21. The summed E-state index contributed by atoms with van der Waals surface area (Å²) in [5.74, 6) is -3.60. The number of aromatic nitrogens is 5. The lowest BCUT2D eigenvalue weighted by molar-refractivity contribution is 0.0684. The number of aliphatic hydroxyl groups is 3. The van der Waals surface area contributed by atoms with Crippen molar-refractivity contribution in [3.05, 3.63) is 91.5 Å². The molecule has 5 aromatic rings. The highest BCUT2D eigenvalue weighted by molar-refractivity contribution is 5.90. The Morgan fingerprint density at radius 1 is 0.597 bits per heavy atom. The molecule has 5 rings (SSSR count). The minimum absolute atomic E-state index is 0.000669. The molecule has 0 unspecified atom stereocenters. The van der Waals surface area contributed by atoms with E-state index < -0.39 is 48.4 Å². The summed E-state index contributed by atoms with van der Waals surface area (Å²) in [5.41, 5.74) is -1.13. The van der Waals surface area contributed by atoms with Crippen molar-refractivity contribution in [1.29, 1.82) is 0 Å². The van der Waals surface area contributed by atoms with Crippen molar-refractivity contribution < 1.29 is 54.8 Å². The van der Waals surface area contributed by atoms with Crippen molar-refractivity contribution in [2.45, 2.75) is 26.9 Å². The number of aromatic carboxylic acids is 2. The smallest absolute Gasteiger partial charge is 0.335 e.